The van der Waals surface area contributed by atoms with Crippen LogP contribution in [-0.4, -0.2) is 42.2 Å². The van der Waals surface area contributed by atoms with Crippen LogP contribution in [0.25, 0.3) is 0 Å². The number of nitrogens with zero attached hydrogens (tertiary/aromatic N) is 1. The molecule has 44 heavy (non-hydrogen) atoms. The van der Waals surface area contributed by atoms with Crippen LogP contribution in [0.15, 0.2) is 61.2 Å². The Labute approximate surface area is 267 Å². The van der Waals surface area contributed by atoms with Crippen LogP contribution in [0.4, 0.5) is 5.69 Å². The van der Waals surface area contributed by atoms with E-state index in [0.717, 1.165) is 54.7 Å². The van der Waals surface area contributed by atoms with Crippen LogP contribution < -0.4 is 5.32 Å². The first kappa shape index (κ1) is 36.0. The zero-order chi connectivity index (χ0) is 31.4. The molecule has 1 heterocycles. The van der Waals surface area contributed by atoms with Gasteiger partial charge in [0.2, 0.25) is 5.91 Å². The van der Waals surface area contributed by atoms with Crippen molar-refractivity contribution in [3.05, 3.63) is 77.9 Å². The Hall–Kier alpha value is -2.51. The van der Waals surface area contributed by atoms with Crippen molar-refractivity contribution in [3.63, 3.8) is 0 Å². The summed E-state index contributed by atoms with van der Waals surface area (Å²) >= 11 is 0. The van der Waals surface area contributed by atoms with E-state index in [1.807, 2.05) is 54.6 Å². The molecule has 1 saturated heterocycles. The minimum absolute atomic E-state index is 0.0182. The standard InChI is InChI=1S/C38H58N2O4/c1-4-6-7-8-9-10-11-12-13-14-15-16-17-21-37(42)39-34-20-18-19-33(27-34)38-43-35(29-40(3)26-5-2)28-36(44-38)32-24-22-31(30-41)23-25-32/h5,18-20,22-25,27,35-36,38,41H,2,4,6-17,21,26,28-30H2,1,3H3,(H,39,42). The van der Waals surface area contributed by atoms with Crippen molar-refractivity contribution in [2.75, 3.05) is 25.5 Å². The highest BCUT2D eigenvalue weighted by atomic mass is 16.7. The second-order valence-electron chi connectivity index (χ2n) is 12.5. The minimum atomic E-state index is -0.550. The van der Waals surface area contributed by atoms with Gasteiger partial charge in [0, 0.05) is 37.2 Å². The van der Waals surface area contributed by atoms with Gasteiger partial charge in [0.05, 0.1) is 18.8 Å². The number of nitrogens with one attached hydrogen (secondary N) is 1. The summed E-state index contributed by atoms with van der Waals surface area (Å²) in [7, 11) is 2.06. The maximum Gasteiger partial charge on any atom is 0.224 e. The summed E-state index contributed by atoms with van der Waals surface area (Å²) in [5.41, 5.74) is 3.59. The fourth-order valence-corrected chi connectivity index (χ4v) is 5.97. The molecular formula is C38H58N2O4. The molecule has 0 spiro atoms. The van der Waals surface area contributed by atoms with Gasteiger partial charge in [-0.1, -0.05) is 126 Å². The van der Waals surface area contributed by atoms with Gasteiger partial charge in [-0.25, -0.2) is 0 Å². The fraction of sp³-hybridized carbons (Fsp3) is 0.605. The SMILES string of the molecule is C=CCN(C)CC1CC(c2ccc(CO)cc2)OC(c2cccc(NC(=O)CCCCCCCCCCCCCCC)c2)O1. The summed E-state index contributed by atoms with van der Waals surface area (Å²) in [5.74, 6) is 0.0569. The van der Waals surface area contributed by atoms with Crippen LogP contribution in [-0.2, 0) is 20.9 Å². The topological polar surface area (TPSA) is 71.0 Å². The lowest BCUT2D eigenvalue weighted by atomic mass is 9.99. The predicted octanol–water partition coefficient (Wildman–Crippen LogP) is 9.26. The number of ether oxygens (including phenoxy) is 2. The molecule has 244 valence electrons. The molecule has 1 aliphatic rings. The average Bonchev–Trinajstić information content (AvgIpc) is 3.03. The number of hydrogen-bond acceptors (Lipinski definition) is 5. The fourth-order valence-electron chi connectivity index (χ4n) is 5.97. The van der Waals surface area contributed by atoms with Crippen LogP contribution in [0.2, 0.25) is 0 Å². The molecular weight excluding hydrogens is 548 g/mol. The van der Waals surface area contributed by atoms with Gasteiger partial charge in [-0.2, -0.15) is 0 Å². The molecule has 0 aromatic heterocycles. The van der Waals surface area contributed by atoms with Crippen molar-refractivity contribution >= 4 is 11.6 Å². The molecule has 1 amide bonds. The zero-order valence-corrected chi connectivity index (χ0v) is 27.5. The highest BCUT2D eigenvalue weighted by Gasteiger charge is 2.32. The molecule has 2 aromatic rings. The van der Waals surface area contributed by atoms with E-state index >= 15 is 0 Å². The maximum absolute atomic E-state index is 12.7. The lowest BCUT2D eigenvalue weighted by molar-refractivity contribution is -0.252. The van der Waals surface area contributed by atoms with Crippen molar-refractivity contribution in [1.82, 2.24) is 4.90 Å². The monoisotopic (exact) mass is 606 g/mol. The van der Waals surface area contributed by atoms with Gasteiger partial charge in [0.1, 0.15) is 0 Å². The summed E-state index contributed by atoms with van der Waals surface area (Å²) in [5, 5.41) is 12.5. The molecule has 0 radical (unpaired) electrons. The van der Waals surface area contributed by atoms with Gasteiger partial charge in [0.25, 0.3) is 0 Å². The second-order valence-corrected chi connectivity index (χ2v) is 12.5. The van der Waals surface area contributed by atoms with Gasteiger partial charge >= 0.3 is 0 Å². The lowest BCUT2D eigenvalue weighted by Gasteiger charge is -2.37. The number of hydrogen-bond donors (Lipinski definition) is 2. The Morgan fingerprint density at radius 2 is 1.55 bits per heavy atom. The smallest absolute Gasteiger partial charge is 0.224 e. The van der Waals surface area contributed by atoms with E-state index in [1.54, 1.807) is 0 Å². The second kappa shape index (κ2) is 21.3. The lowest BCUT2D eigenvalue weighted by Crippen LogP contribution is -2.37. The number of carbonyl (C=O) groups is 1. The van der Waals surface area contributed by atoms with Crippen molar-refractivity contribution in [2.45, 2.75) is 128 Å². The van der Waals surface area contributed by atoms with Crippen molar-refractivity contribution in [1.29, 1.82) is 0 Å². The number of carbonyl (C=O) groups excluding carboxylic acids is 1. The number of amides is 1. The summed E-state index contributed by atoms with van der Waals surface area (Å²) < 4.78 is 12.9. The first-order valence-corrected chi connectivity index (χ1v) is 17.2. The first-order valence-electron chi connectivity index (χ1n) is 17.2. The molecule has 3 unspecified atom stereocenters. The highest BCUT2D eigenvalue weighted by Crippen LogP contribution is 2.38. The quantitative estimate of drug-likeness (QED) is 0.103. The Bertz CT molecular complexity index is 1070. The number of benzene rings is 2. The Morgan fingerprint density at radius 1 is 0.909 bits per heavy atom. The van der Waals surface area contributed by atoms with E-state index in [2.05, 4.69) is 30.8 Å². The summed E-state index contributed by atoms with van der Waals surface area (Å²) in [4.78, 5) is 14.9. The van der Waals surface area contributed by atoms with Gasteiger partial charge in [-0.3, -0.25) is 4.79 Å². The zero-order valence-electron chi connectivity index (χ0n) is 27.5. The molecule has 1 fully saturated rings. The van der Waals surface area contributed by atoms with E-state index in [-0.39, 0.29) is 24.7 Å². The number of anilines is 1. The molecule has 0 bridgehead atoms. The van der Waals surface area contributed by atoms with E-state index in [0.29, 0.717) is 6.42 Å². The predicted molar refractivity (Wildman–Crippen MR) is 181 cm³/mol. The van der Waals surface area contributed by atoms with E-state index in [1.165, 1.54) is 70.6 Å². The van der Waals surface area contributed by atoms with E-state index in [9.17, 15) is 9.90 Å². The molecule has 0 aliphatic carbocycles. The third-order valence-electron chi connectivity index (χ3n) is 8.52. The molecule has 2 aromatic carbocycles. The largest absolute Gasteiger partial charge is 0.392 e. The Morgan fingerprint density at radius 3 is 2.16 bits per heavy atom. The molecule has 3 rings (SSSR count). The molecule has 6 nitrogen and oxygen atoms in total. The van der Waals surface area contributed by atoms with Crippen LogP contribution in [0.1, 0.15) is 132 Å². The van der Waals surface area contributed by atoms with Gasteiger partial charge in [0.15, 0.2) is 6.29 Å². The summed E-state index contributed by atoms with van der Waals surface area (Å²) in [6.07, 6.45) is 19.3. The molecule has 3 atom stereocenters. The highest BCUT2D eigenvalue weighted by molar-refractivity contribution is 5.90. The Kier molecular flexibility index (Phi) is 17.4. The van der Waals surface area contributed by atoms with Crippen LogP contribution >= 0.6 is 0 Å². The molecule has 0 saturated carbocycles. The first-order chi connectivity index (χ1) is 21.5. The summed E-state index contributed by atoms with van der Waals surface area (Å²) in [6.45, 7) is 7.68. The van der Waals surface area contributed by atoms with Crippen LogP contribution in [0, 0.1) is 0 Å². The number of unbranched alkanes of at least 4 members (excludes halogenated alkanes) is 12. The number of likely N-dealkylation sites (N-methyl/N-ethyl adjacent to an activating group) is 1. The van der Waals surface area contributed by atoms with Crippen LogP contribution in [0.5, 0.6) is 0 Å². The van der Waals surface area contributed by atoms with Crippen molar-refractivity contribution in [3.8, 4) is 0 Å². The minimum Gasteiger partial charge on any atom is -0.392 e. The Balaban J connectivity index is 1.44. The van der Waals surface area contributed by atoms with E-state index in [4.69, 9.17) is 9.47 Å². The third kappa shape index (κ3) is 13.6. The van der Waals surface area contributed by atoms with Gasteiger partial charge in [-0.15, -0.1) is 6.58 Å². The van der Waals surface area contributed by atoms with Crippen molar-refractivity contribution in [2.24, 2.45) is 0 Å². The van der Waals surface area contributed by atoms with Gasteiger partial charge in [-0.05, 0) is 36.7 Å². The summed E-state index contributed by atoms with van der Waals surface area (Å²) in [6, 6.07) is 15.8. The normalized spacial score (nSPS) is 18.4. The number of rotatable bonds is 22. The molecule has 2 N–H and O–H groups in total. The number of aliphatic hydroxyl groups is 1. The average molecular weight is 607 g/mol. The maximum atomic E-state index is 12.7. The number of aliphatic hydroxyl groups excluding tert-OH is 1. The van der Waals surface area contributed by atoms with Crippen LogP contribution in [0.3, 0.4) is 0 Å². The van der Waals surface area contributed by atoms with E-state index < -0.39 is 6.29 Å². The third-order valence-corrected chi connectivity index (χ3v) is 8.52. The molecule has 1 aliphatic heterocycles. The van der Waals surface area contributed by atoms with Gasteiger partial charge < -0.3 is 24.8 Å². The van der Waals surface area contributed by atoms with Crippen molar-refractivity contribution < 1.29 is 19.4 Å². The molecule has 6 heteroatoms.